The van der Waals surface area contributed by atoms with E-state index in [4.69, 9.17) is 9.47 Å². The molecule has 0 aromatic heterocycles. The number of thioether (sulfide) groups is 1. The molecule has 0 N–H and O–H groups in total. The van der Waals surface area contributed by atoms with Gasteiger partial charge in [0, 0.05) is 37.3 Å². The minimum Gasteiger partial charge on any atom is -0.493 e. The van der Waals surface area contributed by atoms with Crippen LogP contribution in [0.5, 0.6) is 11.5 Å². The lowest BCUT2D eigenvalue weighted by Gasteiger charge is -2.21. The zero-order chi connectivity index (χ0) is 17.9. The van der Waals surface area contributed by atoms with Gasteiger partial charge in [-0.2, -0.15) is 0 Å². The molecular formula is C17H21NO5S. The van der Waals surface area contributed by atoms with Gasteiger partial charge in [-0.05, 0) is 18.9 Å². The maximum atomic E-state index is 12.4. The third-order valence-corrected chi connectivity index (χ3v) is 4.94. The van der Waals surface area contributed by atoms with Crippen LogP contribution in [0.1, 0.15) is 30.6 Å². The van der Waals surface area contributed by atoms with Gasteiger partial charge in [0.1, 0.15) is 0 Å². The van der Waals surface area contributed by atoms with E-state index < -0.39 is 0 Å². The molecule has 0 bridgehead atoms. The van der Waals surface area contributed by atoms with Gasteiger partial charge >= 0.3 is 0 Å². The van der Waals surface area contributed by atoms with Gasteiger partial charge in [0.05, 0.1) is 19.9 Å². The first-order valence-electron chi connectivity index (χ1n) is 7.58. The van der Waals surface area contributed by atoms with Gasteiger partial charge in [-0.3, -0.25) is 14.4 Å². The second kappa shape index (κ2) is 7.70. The Labute approximate surface area is 145 Å². The standard InChI is InChI=1S/C17H21NO5S/c1-10(19)13-6-15(22-3)16(23-4)7-14(13)18-8-12(5-17(18)21)9-24-11(2)20/h6-7,12H,5,8-9H2,1-4H3. The number of amides is 1. The van der Waals surface area contributed by atoms with Crippen molar-refractivity contribution in [1.82, 2.24) is 0 Å². The number of carbonyl (C=O) groups is 3. The lowest BCUT2D eigenvalue weighted by atomic mass is 10.1. The molecule has 1 saturated heterocycles. The molecule has 24 heavy (non-hydrogen) atoms. The molecule has 1 amide bonds. The predicted molar refractivity (Wildman–Crippen MR) is 93.1 cm³/mol. The summed E-state index contributed by atoms with van der Waals surface area (Å²) >= 11 is 1.22. The van der Waals surface area contributed by atoms with E-state index in [0.29, 0.717) is 41.5 Å². The molecule has 0 saturated carbocycles. The first-order valence-corrected chi connectivity index (χ1v) is 8.56. The number of rotatable bonds is 6. The highest BCUT2D eigenvalue weighted by atomic mass is 32.2. The van der Waals surface area contributed by atoms with Crippen molar-refractivity contribution in [2.24, 2.45) is 5.92 Å². The molecule has 1 aliphatic rings. The molecule has 1 aromatic rings. The molecule has 130 valence electrons. The summed E-state index contributed by atoms with van der Waals surface area (Å²) in [7, 11) is 3.00. The first-order chi connectivity index (χ1) is 11.4. The average molecular weight is 351 g/mol. The molecule has 1 aromatic carbocycles. The quantitative estimate of drug-likeness (QED) is 0.734. The van der Waals surface area contributed by atoms with Crippen molar-refractivity contribution in [2.45, 2.75) is 20.3 Å². The average Bonchev–Trinajstić information content (AvgIpc) is 2.92. The normalized spacial score (nSPS) is 17.1. The van der Waals surface area contributed by atoms with Crippen molar-refractivity contribution in [1.29, 1.82) is 0 Å². The summed E-state index contributed by atoms with van der Waals surface area (Å²) in [5, 5.41) is 0.0384. The van der Waals surface area contributed by atoms with Crippen molar-refractivity contribution >= 4 is 34.3 Å². The highest BCUT2D eigenvalue weighted by molar-refractivity contribution is 8.13. The second-order valence-electron chi connectivity index (χ2n) is 5.66. The molecule has 1 fully saturated rings. The summed E-state index contributed by atoms with van der Waals surface area (Å²) in [6, 6.07) is 3.26. The maximum absolute atomic E-state index is 12.4. The summed E-state index contributed by atoms with van der Waals surface area (Å²) < 4.78 is 10.5. The van der Waals surface area contributed by atoms with E-state index in [-0.39, 0.29) is 22.7 Å². The van der Waals surface area contributed by atoms with Crippen molar-refractivity contribution in [2.75, 3.05) is 31.4 Å². The van der Waals surface area contributed by atoms with Gasteiger partial charge in [0.25, 0.3) is 0 Å². The van der Waals surface area contributed by atoms with Crippen molar-refractivity contribution < 1.29 is 23.9 Å². The van der Waals surface area contributed by atoms with Gasteiger partial charge in [0.2, 0.25) is 5.91 Å². The smallest absolute Gasteiger partial charge is 0.227 e. The summed E-state index contributed by atoms with van der Waals surface area (Å²) in [5.41, 5.74) is 0.946. The molecule has 7 heteroatoms. The number of ketones is 1. The molecule has 1 aliphatic heterocycles. The zero-order valence-corrected chi connectivity index (χ0v) is 15.1. The van der Waals surface area contributed by atoms with E-state index in [9.17, 15) is 14.4 Å². The fraction of sp³-hybridized carbons (Fsp3) is 0.471. The number of ether oxygens (including phenoxy) is 2. The lowest BCUT2D eigenvalue weighted by Crippen LogP contribution is -2.26. The number of nitrogens with zero attached hydrogens (tertiary/aromatic N) is 1. The van der Waals surface area contributed by atoms with Crippen molar-refractivity contribution in [3.63, 3.8) is 0 Å². The van der Waals surface area contributed by atoms with Gasteiger partial charge in [0.15, 0.2) is 22.4 Å². The third kappa shape index (κ3) is 3.90. The Hall–Kier alpha value is -2.02. The maximum Gasteiger partial charge on any atom is 0.227 e. The van der Waals surface area contributed by atoms with Crippen LogP contribution in [0.3, 0.4) is 0 Å². The highest BCUT2D eigenvalue weighted by Gasteiger charge is 2.33. The Kier molecular flexibility index (Phi) is 5.88. The minimum absolute atomic E-state index is 0.0384. The van der Waals surface area contributed by atoms with Crippen LogP contribution in [0.2, 0.25) is 0 Å². The fourth-order valence-corrected chi connectivity index (χ4v) is 3.43. The molecule has 0 aliphatic carbocycles. The highest BCUT2D eigenvalue weighted by Crippen LogP contribution is 2.38. The number of benzene rings is 1. The van der Waals surface area contributed by atoms with Crippen LogP contribution in [0, 0.1) is 5.92 Å². The van der Waals surface area contributed by atoms with Crippen LogP contribution in [-0.4, -0.2) is 43.3 Å². The molecular weight excluding hydrogens is 330 g/mol. The van der Waals surface area contributed by atoms with Gasteiger partial charge in [-0.15, -0.1) is 0 Å². The molecule has 0 radical (unpaired) electrons. The van der Waals surface area contributed by atoms with E-state index in [1.165, 1.54) is 39.8 Å². The van der Waals surface area contributed by atoms with Crippen LogP contribution < -0.4 is 14.4 Å². The van der Waals surface area contributed by atoms with Crippen molar-refractivity contribution in [3.8, 4) is 11.5 Å². The molecule has 2 rings (SSSR count). The Morgan fingerprint density at radius 3 is 2.38 bits per heavy atom. The zero-order valence-electron chi connectivity index (χ0n) is 14.3. The van der Waals surface area contributed by atoms with E-state index in [1.54, 1.807) is 17.0 Å². The van der Waals surface area contributed by atoms with Crippen LogP contribution >= 0.6 is 11.8 Å². The summed E-state index contributed by atoms with van der Waals surface area (Å²) in [6.45, 7) is 3.45. The van der Waals surface area contributed by atoms with Crippen LogP contribution in [0.15, 0.2) is 12.1 Å². The SMILES string of the molecule is COc1cc(C(C)=O)c(N2CC(CSC(C)=O)CC2=O)cc1OC. The van der Waals surface area contributed by atoms with Gasteiger partial charge in [-0.25, -0.2) is 0 Å². The first kappa shape index (κ1) is 18.3. The Balaban J connectivity index is 2.34. The third-order valence-electron chi connectivity index (χ3n) is 3.90. The van der Waals surface area contributed by atoms with E-state index in [1.807, 2.05) is 0 Å². The van der Waals surface area contributed by atoms with Gasteiger partial charge in [-0.1, -0.05) is 11.8 Å². The van der Waals surface area contributed by atoms with Crippen LogP contribution in [0.25, 0.3) is 0 Å². The predicted octanol–water partition coefficient (Wildman–Crippen LogP) is 2.54. The largest absolute Gasteiger partial charge is 0.493 e. The van der Waals surface area contributed by atoms with Crippen molar-refractivity contribution in [3.05, 3.63) is 17.7 Å². The molecule has 1 atom stereocenters. The molecule has 6 nitrogen and oxygen atoms in total. The number of hydrogen-bond donors (Lipinski definition) is 0. The Morgan fingerprint density at radius 2 is 1.83 bits per heavy atom. The number of Topliss-reactive ketones (excluding diaryl/α,β-unsaturated/α-hetero) is 1. The molecule has 1 unspecified atom stereocenters. The van der Waals surface area contributed by atoms with E-state index in [0.717, 1.165) is 0 Å². The number of methoxy groups -OCH3 is 2. The molecule has 0 spiro atoms. The van der Waals surface area contributed by atoms with Gasteiger partial charge < -0.3 is 14.4 Å². The fourth-order valence-electron chi connectivity index (χ4n) is 2.73. The number of anilines is 1. The molecule has 1 heterocycles. The number of hydrogen-bond acceptors (Lipinski definition) is 6. The Bertz CT molecular complexity index is 673. The topological polar surface area (TPSA) is 72.9 Å². The minimum atomic E-state index is -0.152. The summed E-state index contributed by atoms with van der Waals surface area (Å²) in [5.74, 6) is 1.38. The van der Waals surface area contributed by atoms with Crippen LogP contribution in [0.4, 0.5) is 5.69 Å². The summed E-state index contributed by atoms with van der Waals surface area (Å²) in [6.07, 6.45) is 0.367. The Morgan fingerprint density at radius 1 is 1.21 bits per heavy atom. The monoisotopic (exact) mass is 351 g/mol. The second-order valence-corrected chi connectivity index (χ2v) is 6.85. The number of carbonyl (C=O) groups excluding carboxylic acids is 3. The summed E-state index contributed by atoms with van der Waals surface area (Å²) in [4.78, 5) is 37.1. The van der Waals surface area contributed by atoms with E-state index in [2.05, 4.69) is 0 Å². The van der Waals surface area contributed by atoms with E-state index >= 15 is 0 Å². The van der Waals surface area contributed by atoms with Crippen LogP contribution in [-0.2, 0) is 9.59 Å². The lowest BCUT2D eigenvalue weighted by molar-refractivity contribution is -0.117.